The van der Waals surface area contributed by atoms with Crippen molar-refractivity contribution in [2.75, 3.05) is 24.2 Å². The highest BCUT2D eigenvalue weighted by atomic mass is 79.9. The minimum absolute atomic E-state index is 0.265. The summed E-state index contributed by atoms with van der Waals surface area (Å²) in [6.07, 6.45) is 2.77. The molecule has 0 saturated carbocycles. The van der Waals surface area contributed by atoms with E-state index in [-0.39, 0.29) is 11.7 Å². The van der Waals surface area contributed by atoms with Gasteiger partial charge in [-0.1, -0.05) is 25.6 Å². The number of hydrogen-bond acceptors (Lipinski definition) is 7. The molecule has 0 saturated heterocycles. The predicted octanol–water partition coefficient (Wildman–Crippen LogP) is 3.55. The lowest BCUT2D eigenvalue weighted by molar-refractivity contribution is 0.0923. The van der Waals surface area contributed by atoms with E-state index in [2.05, 4.69) is 55.5 Å². The molecule has 0 aliphatic carbocycles. The molecule has 0 fully saturated rings. The van der Waals surface area contributed by atoms with Crippen LogP contribution in [-0.2, 0) is 6.54 Å². The van der Waals surface area contributed by atoms with Crippen molar-refractivity contribution in [3.63, 3.8) is 0 Å². The first-order chi connectivity index (χ1) is 13.1. The Bertz CT molecular complexity index is 925. The van der Waals surface area contributed by atoms with Crippen LogP contribution in [0.1, 0.15) is 30.8 Å². The molecule has 0 radical (unpaired) electrons. The number of hydrogen-bond donors (Lipinski definition) is 2. The normalized spacial score (nSPS) is 11.1. The van der Waals surface area contributed by atoms with E-state index in [1.807, 2.05) is 0 Å². The third-order valence-electron chi connectivity index (χ3n) is 3.70. The highest BCUT2D eigenvalue weighted by molar-refractivity contribution is 9.10. The Balaban J connectivity index is 1.74. The number of thioether (sulfide) groups is 1. The van der Waals surface area contributed by atoms with Crippen LogP contribution < -0.4 is 10.6 Å². The van der Waals surface area contributed by atoms with Crippen LogP contribution in [0.4, 0.5) is 5.82 Å². The highest BCUT2D eigenvalue weighted by Gasteiger charge is 2.14. The van der Waals surface area contributed by atoms with Gasteiger partial charge in [0.1, 0.15) is 5.82 Å². The molecule has 0 aliphatic heterocycles. The fourth-order valence-electron chi connectivity index (χ4n) is 2.47. The zero-order valence-electron chi connectivity index (χ0n) is 15.2. The van der Waals surface area contributed by atoms with Gasteiger partial charge < -0.3 is 15.1 Å². The number of carbonyl (C=O) groups excluding carboxylic acids is 1. The topological polar surface area (TPSA) is 97.9 Å². The standard InChI is InChI=1S/C17H21BrN6O2S/c1-3-7-19-14-11-10-21-24(15(11)23-17(22-14)27-4-2)9-8-20-16(25)12-5-6-13(18)26-12/h5-6,10H,3-4,7-9H2,1-2H3,(H,20,25)(H,19,22,23). The molecule has 144 valence electrons. The van der Waals surface area contributed by atoms with Crippen molar-refractivity contribution >= 4 is 50.5 Å². The molecule has 3 aromatic heterocycles. The van der Waals surface area contributed by atoms with Crippen LogP contribution in [0, 0.1) is 0 Å². The van der Waals surface area contributed by atoms with E-state index in [9.17, 15) is 4.79 Å². The number of furan rings is 1. The van der Waals surface area contributed by atoms with Gasteiger partial charge in [-0.2, -0.15) is 5.10 Å². The fraction of sp³-hybridized carbons (Fsp3) is 0.412. The predicted molar refractivity (Wildman–Crippen MR) is 109 cm³/mol. The number of aromatic nitrogens is 4. The summed E-state index contributed by atoms with van der Waals surface area (Å²) in [6, 6.07) is 3.31. The molecule has 0 spiro atoms. The van der Waals surface area contributed by atoms with Gasteiger partial charge in [-0.05, 0) is 40.2 Å². The number of fused-ring (bicyclic) bond motifs is 1. The summed E-state index contributed by atoms with van der Waals surface area (Å²) in [6.45, 7) is 5.92. The largest absolute Gasteiger partial charge is 0.444 e. The van der Waals surface area contributed by atoms with Crippen molar-refractivity contribution in [1.29, 1.82) is 0 Å². The Morgan fingerprint density at radius 1 is 1.30 bits per heavy atom. The second kappa shape index (κ2) is 9.23. The van der Waals surface area contributed by atoms with Crippen LogP contribution in [0.25, 0.3) is 11.0 Å². The zero-order chi connectivity index (χ0) is 19.2. The van der Waals surface area contributed by atoms with E-state index < -0.39 is 0 Å². The van der Waals surface area contributed by atoms with Crippen molar-refractivity contribution in [3.05, 3.63) is 28.8 Å². The van der Waals surface area contributed by atoms with Gasteiger partial charge in [0.15, 0.2) is 21.2 Å². The number of nitrogens with zero attached hydrogens (tertiary/aromatic N) is 4. The second-order valence-electron chi connectivity index (χ2n) is 5.68. The number of nitrogens with one attached hydrogen (secondary N) is 2. The summed E-state index contributed by atoms with van der Waals surface area (Å²) >= 11 is 4.78. The molecular weight excluding hydrogens is 432 g/mol. The fourth-order valence-corrected chi connectivity index (χ4v) is 3.34. The maximum Gasteiger partial charge on any atom is 0.287 e. The van der Waals surface area contributed by atoms with Gasteiger partial charge in [-0.25, -0.2) is 14.6 Å². The van der Waals surface area contributed by atoms with E-state index in [0.717, 1.165) is 40.7 Å². The minimum atomic E-state index is -0.265. The molecule has 0 bridgehead atoms. The highest BCUT2D eigenvalue weighted by Crippen LogP contribution is 2.24. The van der Waals surface area contributed by atoms with Crippen LogP contribution in [-0.4, -0.2) is 44.5 Å². The van der Waals surface area contributed by atoms with Gasteiger partial charge in [0, 0.05) is 13.1 Å². The quantitative estimate of drug-likeness (QED) is 0.378. The van der Waals surface area contributed by atoms with Crippen LogP contribution >= 0.6 is 27.7 Å². The lowest BCUT2D eigenvalue weighted by atomic mass is 10.3. The van der Waals surface area contributed by atoms with E-state index in [1.165, 1.54) is 0 Å². The van der Waals surface area contributed by atoms with E-state index in [4.69, 9.17) is 4.42 Å². The third-order valence-corrected chi connectivity index (χ3v) is 4.85. The summed E-state index contributed by atoms with van der Waals surface area (Å²) in [5.74, 6) is 1.69. The van der Waals surface area contributed by atoms with Gasteiger partial charge in [0.25, 0.3) is 5.91 Å². The van der Waals surface area contributed by atoms with Crippen LogP contribution in [0.3, 0.4) is 0 Å². The first-order valence-corrected chi connectivity index (χ1v) is 10.5. The number of anilines is 1. The number of carbonyl (C=O) groups is 1. The monoisotopic (exact) mass is 452 g/mol. The molecule has 2 N–H and O–H groups in total. The van der Waals surface area contributed by atoms with Crippen molar-refractivity contribution in [1.82, 2.24) is 25.1 Å². The Morgan fingerprint density at radius 3 is 2.85 bits per heavy atom. The summed E-state index contributed by atoms with van der Waals surface area (Å²) in [4.78, 5) is 21.3. The maximum absolute atomic E-state index is 12.1. The Morgan fingerprint density at radius 2 is 2.15 bits per heavy atom. The summed E-state index contributed by atoms with van der Waals surface area (Å²) < 4.78 is 7.56. The molecule has 0 aromatic carbocycles. The molecule has 1 amide bonds. The molecular formula is C17H21BrN6O2S. The van der Waals surface area contributed by atoms with Gasteiger partial charge in [0.05, 0.1) is 18.1 Å². The Kier molecular flexibility index (Phi) is 6.73. The first kappa shape index (κ1) is 19.7. The van der Waals surface area contributed by atoms with Crippen molar-refractivity contribution < 1.29 is 9.21 Å². The van der Waals surface area contributed by atoms with Gasteiger partial charge in [-0.3, -0.25) is 4.79 Å². The molecule has 8 nitrogen and oxygen atoms in total. The molecule has 3 rings (SSSR count). The minimum Gasteiger partial charge on any atom is -0.444 e. The Hall–Kier alpha value is -2.07. The molecule has 3 aromatic rings. The van der Waals surface area contributed by atoms with Crippen molar-refractivity contribution in [3.8, 4) is 0 Å². The molecule has 27 heavy (non-hydrogen) atoms. The van der Waals surface area contributed by atoms with Crippen LogP contribution in [0.5, 0.6) is 0 Å². The zero-order valence-corrected chi connectivity index (χ0v) is 17.6. The third kappa shape index (κ3) is 4.81. The molecule has 0 atom stereocenters. The molecule has 3 heterocycles. The van der Waals surface area contributed by atoms with Crippen LogP contribution in [0.2, 0.25) is 0 Å². The van der Waals surface area contributed by atoms with Gasteiger partial charge in [-0.15, -0.1) is 0 Å². The average molecular weight is 453 g/mol. The summed E-state index contributed by atoms with van der Waals surface area (Å²) in [5, 5.41) is 12.2. The number of halogens is 1. The van der Waals surface area contributed by atoms with Gasteiger partial charge in [0.2, 0.25) is 0 Å². The van der Waals surface area contributed by atoms with Crippen molar-refractivity contribution in [2.45, 2.75) is 32.0 Å². The van der Waals surface area contributed by atoms with E-state index in [0.29, 0.717) is 17.8 Å². The van der Waals surface area contributed by atoms with Crippen LogP contribution in [0.15, 0.2) is 32.6 Å². The summed E-state index contributed by atoms with van der Waals surface area (Å²) in [5.41, 5.74) is 0.759. The molecule has 0 aliphatic rings. The number of amides is 1. The van der Waals surface area contributed by atoms with E-state index >= 15 is 0 Å². The Labute approximate surface area is 169 Å². The maximum atomic E-state index is 12.1. The van der Waals surface area contributed by atoms with Crippen molar-refractivity contribution in [2.24, 2.45) is 0 Å². The SMILES string of the molecule is CCCNc1nc(SCC)nc2c1cnn2CCNC(=O)c1ccc(Br)o1. The lowest BCUT2D eigenvalue weighted by Crippen LogP contribution is -2.27. The first-order valence-electron chi connectivity index (χ1n) is 8.76. The molecule has 10 heteroatoms. The average Bonchev–Trinajstić information content (AvgIpc) is 3.26. The van der Waals surface area contributed by atoms with Gasteiger partial charge >= 0.3 is 0 Å². The summed E-state index contributed by atoms with van der Waals surface area (Å²) in [7, 11) is 0. The lowest BCUT2D eigenvalue weighted by Gasteiger charge is -2.09. The molecule has 0 unspecified atom stereocenters. The van der Waals surface area contributed by atoms with E-state index in [1.54, 1.807) is 34.8 Å². The smallest absolute Gasteiger partial charge is 0.287 e. The number of rotatable bonds is 9. The second-order valence-corrected chi connectivity index (χ2v) is 7.69.